The predicted octanol–water partition coefficient (Wildman–Crippen LogP) is 4.33. The number of nitrogens with zero attached hydrogens (tertiary/aromatic N) is 4. The van der Waals surface area contributed by atoms with E-state index < -0.39 is 6.09 Å². The van der Waals surface area contributed by atoms with E-state index in [1.54, 1.807) is 23.1 Å². The van der Waals surface area contributed by atoms with Crippen molar-refractivity contribution >= 4 is 17.6 Å². The summed E-state index contributed by atoms with van der Waals surface area (Å²) in [5.74, 6) is 0.760. The first-order valence-electron chi connectivity index (χ1n) is 10.3. The smallest absolute Gasteiger partial charge is 0.411 e. The van der Waals surface area contributed by atoms with Crippen molar-refractivity contribution in [2.45, 2.75) is 37.8 Å². The van der Waals surface area contributed by atoms with Crippen LogP contribution in [0.2, 0.25) is 0 Å². The third-order valence-electron chi connectivity index (χ3n) is 5.36. The quantitative estimate of drug-likeness (QED) is 0.642. The lowest BCUT2D eigenvalue weighted by molar-refractivity contribution is 0.0841. The summed E-state index contributed by atoms with van der Waals surface area (Å²) < 4.78 is 7.35. The van der Waals surface area contributed by atoms with Gasteiger partial charge in [0.05, 0.1) is 11.8 Å². The first-order valence-corrected chi connectivity index (χ1v) is 10.3. The Morgan fingerprint density at radius 3 is 2.48 bits per heavy atom. The van der Waals surface area contributed by atoms with Crippen LogP contribution in [0.4, 0.5) is 16.3 Å². The van der Waals surface area contributed by atoms with E-state index in [0.717, 1.165) is 42.6 Å². The molecule has 8 heteroatoms. The van der Waals surface area contributed by atoms with Gasteiger partial charge in [0.2, 0.25) is 0 Å². The molecule has 31 heavy (non-hydrogen) atoms. The molecule has 2 heterocycles. The fraction of sp³-hybridized carbons (Fsp3) is 0.304. The first kappa shape index (κ1) is 20.4. The zero-order chi connectivity index (χ0) is 21.6. The molecule has 2 aromatic heterocycles. The largest absolute Gasteiger partial charge is 0.446 e. The van der Waals surface area contributed by atoms with E-state index in [4.69, 9.17) is 10.00 Å². The fourth-order valence-electron chi connectivity index (χ4n) is 3.69. The Hall–Kier alpha value is -3.86. The van der Waals surface area contributed by atoms with Gasteiger partial charge < -0.3 is 10.1 Å². The van der Waals surface area contributed by atoms with Crippen LogP contribution in [0, 0.1) is 11.3 Å². The van der Waals surface area contributed by atoms with E-state index in [9.17, 15) is 4.79 Å². The van der Waals surface area contributed by atoms with Crippen molar-refractivity contribution in [1.29, 1.82) is 5.26 Å². The maximum Gasteiger partial charge on any atom is 0.411 e. The lowest BCUT2D eigenvalue weighted by Crippen LogP contribution is -2.32. The molecule has 1 amide bonds. The number of amides is 1. The van der Waals surface area contributed by atoms with Gasteiger partial charge >= 0.3 is 6.09 Å². The molecule has 0 unspecified atom stereocenters. The standard InChI is InChI=1S/C23H24N6O2/c1-29-15-18(14-26-29)17-3-5-20(6-4-17)28-23(30)31-21-9-7-19(8-10-21)27-22-11-2-16(12-24)13-25-22/h2-6,11,13-15,19,21H,7-10H2,1H3,(H,25,27)(H,28,30)/t19-,21-. The molecule has 4 rings (SSSR count). The van der Waals surface area contributed by atoms with Crippen LogP contribution in [-0.2, 0) is 11.8 Å². The predicted molar refractivity (Wildman–Crippen MR) is 117 cm³/mol. The first-order chi connectivity index (χ1) is 15.1. The maximum absolute atomic E-state index is 12.3. The molecule has 0 atom stereocenters. The van der Waals surface area contributed by atoms with Crippen LogP contribution >= 0.6 is 0 Å². The minimum atomic E-state index is -0.431. The number of carbonyl (C=O) groups excluding carboxylic acids is 1. The van der Waals surface area contributed by atoms with Crippen molar-refractivity contribution in [2.24, 2.45) is 7.05 Å². The lowest BCUT2D eigenvalue weighted by Gasteiger charge is -2.29. The van der Waals surface area contributed by atoms with Gasteiger partial charge in [-0.1, -0.05) is 12.1 Å². The van der Waals surface area contributed by atoms with Gasteiger partial charge in [-0.25, -0.2) is 9.78 Å². The van der Waals surface area contributed by atoms with Crippen molar-refractivity contribution in [2.75, 3.05) is 10.6 Å². The Balaban J connectivity index is 1.22. The minimum absolute atomic E-state index is 0.0957. The molecule has 0 saturated heterocycles. The molecule has 0 spiro atoms. The van der Waals surface area contributed by atoms with Gasteiger partial charge in [-0.15, -0.1) is 0 Å². The third-order valence-corrected chi connectivity index (χ3v) is 5.36. The molecule has 158 valence electrons. The Kier molecular flexibility index (Phi) is 6.13. The highest BCUT2D eigenvalue weighted by Gasteiger charge is 2.24. The van der Waals surface area contributed by atoms with Crippen molar-refractivity contribution < 1.29 is 9.53 Å². The van der Waals surface area contributed by atoms with E-state index in [1.807, 2.05) is 43.6 Å². The molecule has 1 saturated carbocycles. The number of hydrogen-bond acceptors (Lipinski definition) is 6. The summed E-state index contributed by atoms with van der Waals surface area (Å²) in [4.78, 5) is 16.5. The Bertz CT molecular complexity index is 1060. The highest BCUT2D eigenvalue weighted by atomic mass is 16.6. The van der Waals surface area contributed by atoms with E-state index in [0.29, 0.717) is 11.3 Å². The monoisotopic (exact) mass is 416 g/mol. The zero-order valence-electron chi connectivity index (χ0n) is 17.3. The number of ether oxygens (including phenoxy) is 1. The number of nitrogens with one attached hydrogen (secondary N) is 2. The van der Waals surface area contributed by atoms with Crippen LogP contribution in [0.15, 0.2) is 55.0 Å². The summed E-state index contributed by atoms with van der Waals surface area (Å²) in [5.41, 5.74) is 3.30. The third kappa shape index (κ3) is 5.39. The highest BCUT2D eigenvalue weighted by Crippen LogP contribution is 2.25. The fourth-order valence-corrected chi connectivity index (χ4v) is 3.69. The molecular weight excluding hydrogens is 392 g/mol. The number of hydrogen-bond donors (Lipinski definition) is 2. The van der Waals surface area contributed by atoms with Crippen molar-refractivity contribution in [3.8, 4) is 17.2 Å². The number of anilines is 2. The lowest BCUT2D eigenvalue weighted by atomic mass is 9.93. The van der Waals surface area contributed by atoms with E-state index in [-0.39, 0.29) is 12.1 Å². The number of rotatable bonds is 5. The summed E-state index contributed by atoms with van der Waals surface area (Å²) in [6.45, 7) is 0. The second-order valence-corrected chi connectivity index (χ2v) is 7.67. The zero-order valence-corrected chi connectivity index (χ0v) is 17.3. The molecule has 1 aliphatic rings. The van der Waals surface area contributed by atoms with Crippen LogP contribution in [0.3, 0.4) is 0 Å². The summed E-state index contributed by atoms with van der Waals surface area (Å²) in [6.07, 6.45) is 8.14. The average molecular weight is 416 g/mol. The molecule has 0 radical (unpaired) electrons. The van der Waals surface area contributed by atoms with Crippen LogP contribution in [0.1, 0.15) is 31.2 Å². The summed E-state index contributed by atoms with van der Waals surface area (Å²) in [7, 11) is 1.88. The molecule has 0 bridgehead atoms. The van der Waals surface area contributed by atoms with Crippen molar-refractivity contribution in [3.63, 3.8) is 0 Å². The number of carbonyl (C=O) groups is 1. The van der Waals surface area contributed by atoms with Gasteiger partial charge in [0.1, 0.15) is 18.0 Å². The summed E-state index contributed by atoms with van der Waals surface area (Å²) >= 11 is 0. The maximum atomic E-state index is 12.3. The number of aryl methyl sites for hydroxylation is 1. The number of aromatic nitrogens is 3. The van der Waals surface area contributed by atoms with E-state index in [2.05, 4.69) is 26.8 Å². The topological polar surface area (TPSA) is 105 Å². The van der Waals surface area contributed by atoms with Crippen molar-refractivity contribution in [1.82, 2.24) is 14.8 Å². The van der Waals surface area contributed by atoms with Crippen LogP contribution in [0.5, 0.6) is 0 Å². The van der Waals surface area contributed by atoms with Gasteiger partial charge in [0.25, 0.3) is 0 Å². The minimum Gasteiger partial charge on any atom is -0.446 e. The Labute approximate surface area is 180 Å². The van der Waals surface area contributed by atoms with Crippen LogP contribution < -0.4 is 10.6 Å². The second kappa shape index (κ2) is 9.30. The average Bonchev–Trinajstić information content (AvgIpc) is 3.22. The molecule has 0 aliphatic heterocycles. The number of benzene rings is 1. The van der Waals surface area contributed by atoms with E-state index in [1.165, 1.54) is 0 Å². The van der Waals surface area contributed by atoms with Crippen LogP contribution in [-0.4, -0.2) is 33.0 Å². The SMILES string of the molecule is Cn1cc(-c2ccc(NC(=O)O[C@H]3CC[C@H](Nc4ccc(C#N)cn4)CC3)cc2)cn1. The summed E-state index contributed by atoms with van der Waals surface area (Å²) in [5, 5.41) is 19.2. The Morgan fingerprint density at radius 1 is 1.10 bits per heavy atom. The van der Waals surface area contributed by atoms with Gasteiger partial charge in [-0.3, -0.25) is 10.00 Å². The molecule has 2 N–H and O–H groups in total. The molecule has 1 aliphatic carbocycles. The molecular formula is C23H24N6O2. The van der Waals surface area contributed by atoms with Crippen molar-refractivity contribution in [3.05, 3.63) is 60.6 Å². The van der Waals surface area contributed by atoms with Gasteiger partial charge in [-0.05, 0) is 55.5 Å². The van der Waals surface area contributed by atoms with Gasteiger partial charge in [0.15, 0.2) is 0 Å². The normalized spacial score (nSPS) is 18.1. The van der Waals surface area contributed by atoms with E-state index >= 15 is 0 Å². The van der Waals surface area contributed by atoms with Gasteiger partial charge in [-0.2, -0.15) is 10.4 Å². The van der Waals surface area contributed by atoms with Gasteiger partial charge in [0, 0.05) is 36.7 Å². The molecule has 1 fully saturated rings. The Morgan fingerprint density at radius 2 is 1.87 bits per heavy atom. The second-order valence-electron chi connectivity index (χ2n) is 7.67. The number of nitriles is 1. The molecule has 8 nitrogen and oxygen atoms in total. The molecule has 1 aromatic carbocycles. The number of pyridine rings is 1. The highest BCUT2D eigenvalue weighted by molar-refractivity contribution is 5.85. The summed E-state index contributed by atoms with van der Waals surface area (Å²) in [6, 6.07) is 13.5. The van der Waals surface area contributed by atoms with Crippen LogP contribution in [0.25, 0.3) is 11.1 Å². The molecule has 3 aromatic rings.